The predicted octanol–water partition coefficient (Wildman–Crippen LogP) is 1.84. The van der Waals surface area contributed by atoms with Gasteiger partial charge in [0.25, 0.3) is 0 Å². The minimum absolute atomic E-state index is 0.449. The standard InChI is InChI=1S/C11H18O2/c1-3-8-13-9-10-4-6-11(12-2)7-5-10/h1,10-11H,4-9H2,2H3. The summed E-state index contributed by atoms with van der Waals surface area (Å²) >= 11 is 0. The van der Waals surface area contributed by atoms with Crippen molar-refractivity contribution >= 4 is 0 Å². The molecule has 0 aromatic carbocycles. The Bertz CT molecular complexity index is 163. The van der Waals surface area contributed by atoms with Gasteiger partial charge in [0.1, 0.15) is 6.61 Å². The van der Waals surface area contributed by atoms with E-state index >= 15 is 0 Å². The van der Waals surface area contributed by atoms with Crippen LogP contribution >= 0.6 is 0 Å². The molecule has 0 heterocycles. The Labute approximate surface area is 80.6 Å². The molecule has 0 amide bonds. The number of hydrogen-bond donors (Lipinski definition) is 0. The van der Waals surface area contributed by atoms with Crippen LogP contribution in [0, 0.1) is 18.3 Å². The molecule has 0 aromatic heterocycles. The third-order valence-electron chi connectivity index (χ3n) is 2.67. The SMILES string of the molecule is C#CCOCC1CCC(OC)CC1. The van der Waals surface area contributed by atoms with Gasteiger partial charge in [0.05, 0.1) is 12.7 Å². The van der Waals surface area contributed by atoms with Crippen LogP contribution in [-0.2, 0) is 9.47 Å². The van der Waals surface area contributed by atoms with E-state index in [0.29, 0.717) is 18.6 Å². The average molecular weight is 182 g/mol. The second kappa shape index (κ2) is 6.01. The minimum Gasteiger partial charge on any atom is -0.381 e. The molecule has 2 heteroatoms. The van der Waals surface area contributed by atoms with Crippen molar-refractivity contribution in [2.45, 2.75) is 31.8 Å². The molecule has 13 heavy (non-hydrogen) atoms. The van der Waals surface area contributed by atoms with E-state index < -0.39 is 0 Å². The van der Waals surface area contributed by atoms with E-state index in [0.717, 1.165) is 6.61 Å². The van der Waals surface area contributed by atoms with Gasteiger partial charge in [-0.05, 0) is 31.6 Å². The monoisotopic (exact) mass is 182 g/mol. The first kappa shape index (κ1) is 10.6. The number of methoxy groups -OCH3 is 1. The van der Waals surface area contributed by atoms with Crippen LogP contribution in [-0.4, -0.2) is 26.4 Å². The molecule has 0 saturated heterocycles. The van der Waals surface area contributed by atoms with Crippen molar-refractivity contribution in [1.29, 1.82) is 0 Å². The molecule has 1 rings (SSSR count). The first-order chi connectivity index (χ1) is 6.36. The van der Waals surface area contributed by atoms with Crippen molar-refractivity contribution in [3.8, 4) is 12.3 Å². The first-order valence-corrected chi connectivity index (χ1v) is 4.90. The maximum Gasteiger partial charge on any atom is 0.107 e. The van der Waals surface area contributed by atoms with Crippen molar-refractivity contribution in [1.82, 2.24) is 0 Å². The second-order valence-corrected chi connectivity index (χ2v) is 3.60. The van der Waals surface area contributed by atoms with Gasteiger partial charge >= 0.3 is 0 Å². The molecule has 1 aliphatic carbocycles. The molecule has 0 N–H and O–H groups in total. The molecule has 1 saturated carbocycles. The Morgan fingerprint density at radius 2 is 2.00 bits per heavy atom. The molecule has 0 radical (unpaired) electrons. The Morgan fingerprint density at radius 1 is 1.31 bits per heavy atom. The lowest BCUT2D eigenvalue weighted by Crippen LogP contribution is -2.23. The van der Waals surface area contributed by atoms with Gasteiger partial charge < -0.3 is 9.47 Å². The van der Waals surface area contributed by atoms with Gasteiger partial charge in [-0.15, -0.1) is 6.42 Å². The van der Waals surface area contributed by atoms with E-state index in [4.69, 9.17) is 15.9 Å². The lowest BCUT2D eigenvalue weighted by atomic mass is 9.88. The van der Waals surface area contributed by atoms with Crippen molar-refractivity contribution in [3.63, 3.8) is 0 Å². The second-order valence-electron chi connectivity index (χ2n) is 3.60. The van der Waals surface area contributed by atoms with E-state index in [1.165, 1.54) is 25.7 Å². The van der Waals surface area contributed by atoms with Crippen LogP contribution in [0.5, 0.6) is 0 Å². The van der Waals surface area contributed by atoms with Crippen LogP contribution in [0.1, 0.15) is 25.7 Å². The molecule has 0 bridgehead atoms. The van der Waals surface area contributed by atoms with Gasteiger partial charge in [-0.3, -0.25) is 0 Å². The molecule has 0 unspecified atom stereocenters. The summed E-state index contributed by atoms with van der Waals surface area (Å²) in [6.07, 6.45) is 10.3. The maximum absolute atomic E-state index is 5.31. The van der Waals surface area contributed by atoms with E-state index in [-0.39, 0.29) is 0 Å². The highest BCUT2D eigenvalue weighted by Gasteiger charge is 2.20. The van der Waals surface area contributed by atoms with Crippen LogP contribution < -0.4 is 0 Å². The normalized spacial score (nSPS) is 28.3. The molecule has 1 aliphatic rings. The summed E-state index contributed by atoms with van der Waals surface area (Å²) in [6.45, 7) is 1.27. The number of rotatable bonds is 4. The zero-order chi connectivity index (χ0) is 9.52. The highest BCUT2D eigenvalue weighted by Crippen LogP contribution is 2.25. The fraction of sp³-hybridized carbons (Fsp3) is 0.818. The lowest BCUT2D eigenvalue weighted by molar-refractivity contribution is 0.0342. The van der Waals surface area contributed by atoms with Crippen LogP contribution in [0.2, 0.25) is 0 Å². The molecule has 0 atom stereocenters. The van der Waals surface area contributed by atoms with Gasteiger partial charge in [-0.25, -0.2) is 0 Å². The lowest BCUT2D eigenvalue weighted by Gasteiger charge is -2.27. The smallest absolute Gasteiger partial charge is 0.107 e. The predicted molar refractivity (Wildman–Crippen MR) is 52.4 cm³/mol. The van der Waals surface area contributed by atoms with E-state index in [9.17, 15) is 0 Å². The Morgan fingerprint density at radius 3 is 2.54 bits per heavy atom. The highest BCUT2D eigenvalue weighted by atomic mass is 16.5. The molecule has 0 aliphatic heterocycles. The molecule has 0 aromatic rings. The van der Waals surface area contributed by atoms with Crippen molar-refractivity contribution < 1.29 is 9.47 Å². The summed E-state index contributed by atoms with van der Waals surface area (Å²) in [5.74, 6) is 3.17. The highest BCUT2D eigenvalue weighted by molar-refractivity contribution is 4.83. The van der Waals surface area contributed by atoms with Crippen LogP contribution in [0.3, 0.4) is 0 Å². The van der Waals surface area contributed by atoms with Crippen LogP contribution in [0.25, 0.3) is 0 Å². The van der Waals surface area contributed by atoms with Gasteiger partial charge in [0.2, 0.25) is 0 Å². The molecule has 74 valence electrons. The molecule has 1 fully saturated rings. The zero-order valence-electron chi connectivity index (χ0n) is 8.29. The van der Waals surface area contributed by atoms with Gasteiger partial charge in [-0.1, -0.05) is 5.92 Å². The van der Waals surface area contributed by atoms with Gasteiger partial charge in [0, 0.05) is 7.11 Å². The van der Waals surface area contributed by atoms with Crippen molar-refractivity contribution in [2.75, 3.05) is 20.3 Å². The van der Waals surface area contributed by atoms with Crippen LogP contribution in [0.4, 0.5) is 0 Å². The average Bonchev–Trinajstić information content (AvgIpc) is 2.19. The zero-order valence-corrected chi connectivity index (χ0v) is 8.29. The van der Waals surface area contributed by atoms with Crippen molar-refractivity contribution in [3.05, 3.63) is 0 Å². The maximum atomic E-state index is 5.31. The third-order valence-corrected chi connectivity index (χ3v) is 2.67. The largest absolute Gasteiger partial charge is 0.381 e. The van der Waals surface area contributed by atoms with Crippen LogP contribution in [0.15, 0.2) is 0 Å². The summed E-state index contributed by atoms with van der Waals surface area (Å²) < 4.78 is 10.6. The summed E-state index contributed by atoms with van der Waals surface area (Å²) in [5.41, 5.74) is 0. The Kier molecular flexibility index (Phi) is 4.88. The number of ether oxygens (including phenoxy) is 2. The minimum atomic E-state index is 0.449. The van der Waals surface area contributed by atoms with Gasteiger partial charge in [-0.2, -0.15) is 0 Å². The summed E-state index contributed by atoms with van der Waals surface area (Å²) in [6, 6.07) is 0. The van der Waals surface area contributed by atoms with E-state index in [1.807, 2.05) is 0 Å². The third kappa shape index (κ3) is 3.80. The number of terminal acetylenes is 1. The summed E-state index contributed by atoms with van der Waals surface area (Å²) in [5, 5.41) is 0. The van der Waals surface area contributed by atoms with E-state index in [2.05, 4.69) is 5.92 Å². The fourth-order valence-corrected chi connectivity index (χ4v) is 1.82. The molecule has 0 spiro atoms. The first-order valence-electron chi connectivity index (χ1n) is 4.90. The topological polar surface area (TPSA) is 18.5 Å². The molecular weight excluding hydrogens is 164 g/mol. The fourth-order valence-electron chi connectivity index (χ4n) is 1.82. The van der Waals surface area contributed by atoms with Crippen molar-refractivity contribution in [2.24, 2.45) is 5.92 Å². The molecular formula is C11H18O2. The van der Waals surface area contributed by atoms with Gasteiger partial charge in [0.15, 0.2) is 0 Å². The van der Waals surface area contributed by atoms with E-state index in [1.54, 1.807) is 7.11 Å². The summed E-state index contributed by atoms with van der Waals surface area (Å²) in [7, 11) is 1.79. The Hall–Kier alpha value is -0.520. The number of hydrogen-bond acceptors (Lipinski definition) is 2. The molecule has 2 nitrogen and oxygen atoms in total. The Balaban J connectivity index is 2.07. The summed E-state index contributed by atoms with van der Waals surface area (Å²) in [4.78, 5) is 0. The quantitative estimate of drug-likeness (QED) is 0.488.